The highest BCUT2D eigenvalue weighted by molar-refractivity contribution is 8.13. The van der Waals surface area contributed by atoms with E-state index in [1.54, 1.807) is 13.0 Å². The molecule has 116 valence electrons. The Balaban J connectivity index is 2.30. The highest BCUT2D eigenvalue weighted by atomic mass is 35.7. The summed E-state index contributed by atoms with van der Waals surface area (Å²) in [5.41, 5.74) is 0.471. The van der Waals surface area contributed by atoms with Gasteiger partial charge >= 0.3 is 0 Å². The number of aryl methyl sites for hydroxylation is 1. The van der Waals surface area contributed by atoms with Gasteiger partial charge in [-0.05, 0) is 51.0 Å². The number of carbonyl (C=O) groups is 1. The molecule has 1 fully saturated rings. The van der Waals surface area contributed by atoms with Crippen LogP contribution in [0, 0.1) is 6.92 Å². The van der Waals surface area contributed by atoms with E-state index in [1.807, 2.05) is 13.8 Å². The second-order valence-electron chi connectivity index (χ2n) is 5.61. The lowest BCUT2D eigenvalue weighted by Gasteiger charge is -2.29. The molecule has 0 aromatic heterocycles. The van der Waals surface area contributed by atoms with Crippen molar-refractivity contribution in [1.29, 1.82) is 0 Å². The fourth-order valence-electron chi connectivity index (χ4n) is 2.35. The Morgan fingerprint density at radius 1 is 1.43 bits per heavy atom. The molecule has 5 nitrogen and oxygen atoms in total. The van der Waals surface area contributed by atoms with Crippen molar-refractivity contribution in [2.45, 2.75) is 43.7 Å². The monoisotopic (exact) mass is 331 g/mol. The molecule has 1 N–H and O–H groups in total. The van der Waals surface area contributed by atoms with Crippen molar-refractivity contribution < 1.29 is 17.9 Å². The number of rotatable bonds is 3. The van der Waals surface area contributed by atoms with Gasteiger partial charge in [0.15, 0.2) is 0 Å². The Labute approximate surface area is 129 Å². The fourth-order valence-corrected chi connectivity index (χ4v) is 3.21. The zero-order valence-electron chi connectivity index (χ0n) is 12.1. The van der Waals surface area contributed by atoms with Crippen molar-refractivity contribution in [2.24, 2.45) is 0 Å². The summed E-state index contributed by atoms with van der Waals surface area (Å²) in [6, 6.07) is 4.35. The molecular weight excluding hydrogens is 314 g/mol. The summed E-state index contributed by atoms with van der Waals surface area (Å²) in [7, 11) is 1.48. The quantitative estimate of drug-likeness (QED) is 0.862. The van der Waals surface area contributed by atoms with Gasteiger partial charge in [0.25, 0.3) is 15.0 Å². The van der Waals surface area contributed by atoms with Crippen LogP contribution < -0.4 is 5.32 Å². The molecule has 1 aromatic carbocycles. The lowest BCUT2D eigenvalue weighted by molar-refractivity contribution is 0.0727. The van der Waals surface area contributed by atoms with Crippen LogP contribution in [0.25, 0.3) is 0 Å². The number of carbonyl (C=O) groups excluding carboxylic acids is 1. The van der Waals surface area contributed by atoms with Crippen LogP contribution in [0.5, 0.6) is 0 Å². The van der Waals surface area contributed by atoms with Crippen molar-refractivity contribution in [1.82, 2.24) is 5.32 Å². The SMILES string of the molecule is Cc1cc(C(=O)NC2(C)CCOC2C)cc(S(=O)(=O)Cl)c1. The van der Waals surface area contributed by atoms with Crippen LogP contribution in [0.2, 0.25) is 0 Å². The Kier molecular flexibility index (Phi) is 4.33. The third-order valence-corrected chi connectivity index (χ3v) is 5.21. The zero-order valence-corrected chi connectivity index (χ0v) is 13.7. The first-order chi connectivity index (χ1) is 9.62. The van der Waals surface area contributed by atoms with Gasteiger partial charge in [0.1, 0.15) is 0 Å². The summed E-state index contributed by atoms with van der Waals surface area (Å²) in [4.78, 5) is 12.3. The fraction of sp³-hybridized carbons (Fsp3) is 0.500. The van der Waals surface area contributed by atoms with Crippen molar-refractivity contribution in [3.8, 4) is 0 Å². The predicted molar refractivity (Wildman–Crippen MR) is 80.1 cm³/mol. The molecule has 0 spiro atoms. The molecule has 1 amide bonds. The molecule has 1 heterocycles. The van der Waals surface area contributed by atoms with E-state index >= 15 is 0 Å². The molecule has 1 aromatic rings. The van der Waals surface area contributed by atoms with Crippen molar-refractivity contribution in [2.75, 3.05) is 6.61 Å². The van der Waals surface area contributed by atoms with E-state index in [0.717, 1.165) is 0 Å². The lowest BCUT2D eigenvalue weighted by atomic mass is 9.94. The molecule has 21 heavy (non-hydrogen) atoms. The van der Waals surface area contributed by atoms with Gasteiger partial charge in [-0.15, -0.1) is 0 Å². The van der Waals surface area contributed by atoms with Crippen LogP contribution in [0.1, 0.15) is 36.2 Å². The van der Waals surface area contributed by atoms with Crippen LogP contribution in [0.15, 0.2) is 23.1 Å². The average molecular weight is 332 g/mol. The van der Waals surface area contributed by atoms with Gasteiger partial charge in [-0.2, -0.15) is 0 Å². The lowest BCUT2D eigenvalue weighted by Crippen LogP contribution is -2.50. The highest BCUT2D eigenvalue weighted by Gasteiger charge is 2.38. The summed E-state index contributed by atoms with van der Waals surface area (Å²) >= 11 is 0. The van der Waals surface area contributed by atoms with E-state index < -0.39 is 14.6 Å². The van der Waals surface area contributed by atoms with E-state index in [9.17, 15) is 13.2 Å². The standard InChI is InChI=1S/C14H18ClNO4S/c1-9-6-11(8-12(7-9)21(15,18)19)13(17)16-14(3)4-5-20-10(14)2/h6-8,10H,4-5H2,1-3H3,(H,16,17). The minimum absolute atomic E-state index is 0.0739. The van der Waals surface area contributed by atoms with Gasteiger partial charge < -0.3 is 10.1 Å². The first-order valence-electron chi connectivity index (χ1n) is 6.62. The summed E-state index contributed by atoms with van der Waals surface area (Å²) in [5.74, 6) is -0.333. The normalized spacial score (nSPS) is 25.8. The highest BCUT2D eigenvalue weighted by Crippen LogP contribution is 2.26. The van der Waals surface area contributed by atoms with E-state index in [1.165, 1.54) is 12.1 Å². The summed E-state index contributed by atoms with van der Waals surface area (Å²) < 4.78 is 28.3. The molecule has 2 rings (SSSR count). The minimum Gasteiger partial charge on any atom is -0.376 e. The number of benzene rings is 1. The Hall–Kier alpha value is -1.11. The average Bonchev–Trinajstić information content (AvgIpc) is 2.67. The molecule has 1 aliphatic rings. The molecule has 7 heteroatoms. The molecule has 1 saturated heterocycles. The van der Waals surface area contributed by atoms with Crippen LogP contribution >= 0.6 is 10.7 Å². The number of nitrogens with one attached hydrogen (secondary N) is 1. The maximum Gasteiger partial charge on any atom is 0.261 e. The maximum atomic E-state index is 12.4. The van der Waals surface area contributed by atoms with Crippen LogP contribution in [0.3, 0.4) is 0 Å². The van der Waals surface area contributed by atoms with Gasteiger partial charge in [-0.1, -0.05) is 0 Å². The second kappa shape index (κ2) is 5.59. The topological polar surface area (TPSA) is 72.5 Å². The van der Waals surface area contributed by atoms with Crippen molar-refractivity contribution in [3.05, 3.63) is 29.3 Å². The Bertz CT molecular complexity index is 674. The third-order valence-electron chi connectivity index (χ3n) is 3.88. The molecule has 0 saturated carbocycles. The van der Waals surface area contributed by atoms with Crippen LogP contribution in [-0.4, -0.2) is 32.6 Å². The Morgan fingerprint density at radius 2 is 2.10 bits per heavy atom. The van der Waals surface area contributed by atoms with Crippen molar-refractivity contribution >= 4 is 25.6 Å². The number of hydrogen-bond acceptors (Lipinski definition) is 4. The summed E-state index contributed by atoms with van der Waals surface area (Å²) in [5, 5.41) is 2.93. The number of halogens is 1. The first kappa shape index (κ1) is 16.3. The third kappa shape index (κ3) is 3.56. The molecular formula is C14H18ClNO4S. The molecule has 0 bridgehead atoms. The molecule has 0 radical (unpaired) electrons. The van der Waals surface area contributed by atoms with Crippen molar-refractivity contribution in [3.63, 3.8) is 0 Å². The van der Waals surface area contributed by atoms with Gasteiger partial charge in [0, 0.05) is 22.9 Å². The van der Waals surface area contributed by atoms with Gasteiger partial charge in [-0.3, -0.25) is 4.79 Å². The van der Waals surface area contributed by atoms with E-state index in [2.05, 4.69) is 5.32 Å². The smallest absolute Gasteiger partial charge is 0.261 e. The van der Waals surface area contributed by atoms with Gasteiger partial charge in [0.2, 0.25) is 0 Å². The van der Waals surface area contributed by atoms with E-state index in [0.29, 0.717) is 18.6 Å². The predicted octanol–water partition coefficient (Wildman–Crippen LogP) is 2.22. The molecule has 0 aliphatic carbocycles. The molecule has 1 aliphatic heterocycles. The number of ether oxygens (including phenoxy) is 1. The van der Waals surface area contributed by atoms with Gasteiger partial charge in [-0.25, -0.2) is 8.42 Å². The van der Waals surface area contributed by atoms with Gasteiger partial charge in [0.05, 0.1) is 16.5 Å². The number of hydrogen-bond donors (Lipinski definition) is 1. The summed E-state index contributed by atoms with van der Waals surface area (Å²) in [6.45, 7) is 6.12. The van der Waals surface area contributed by atoms with Crippen LogP contribution in [-0.2, 0) is 13.8 Å². The zero-order chi connectivity index (χ0) is 15.8. The molecule has 2 unspecified atom stereocenters. The summed E-state index contributed by atoms with van der Waals surface area (Å²) in [6.07, 6.45) is 0.620. The van der Waals surface area contributed by atoms with E-state index in [4.69, 9.17) is 15.4 Å². The second-order valence-corrected chi connectivity index (χ2v) is 8.17. The maximum absolute atomic E-state index is 12.4. The number of amides is 1. The first-order valence-corrected chi connectivity index (χ1v) is 8.93. The van der Waals surface area contributed by atoms with Crippen LogP contribution in [0.4, 0.5) is 0 Å². The Morgan fingerprint density at radius 3 is 2.62 bits per heavy atom. The minimum atomic E-state index is -3.87. The van der Waals surface area contributed by atoms with E-state index in [-0.39, 0.29) is 22.5 Å². The largest absolute Gasteiger partial charge is 0.376 e. The molecule has 2 atom stereocenters.